The molecule has 2 heterocycles. The first-order valence-electron chi connectivity index (χ1n) is 9.22. The van der Waals surface area contributed by atoms with Crippen LogP contribution in [0, 0.1) is 6.92 Å². The molecule has 3 N–H and O–H groups in total. The third kappa shape index (κ3) is 5.60. The normalized spacial score (nSPS) is 10.6. The molecule has 28 heavy (non-hydrogen) atoms. The van der Waals surface area contributed by atoms with Crippen LogP contribution in [0.4, 0.5) is 11.6 Å². The van der Waals surface area contributed by atoms with Crippen molar-refractivity contribution in [2.24, 2.45) is 0 Å². The van der Waals surface area contributed by atoms with E-state index in [0.717, 1.165) is 35.0 Å². The fraction of sp³-hybridized carbons (Fsp3) is 0.286. The Morgan fingerprint density at radius 3 is 2.68 bits per heavy atom. The van der Waals surface area contributed by atoms with Crippen molar-refractivity contribution in [2.75, 3.05) is 30.0 Å². The van der Waals surface area contributed by atoms with E-state index >= 15 is 0 Å². The van der Waals surface area contributed by atoms with Gasteiger partial charge in [-0.3, -0.25) is 14.8 Å². The SMILES string of the molecule is CNc1ccccc1CSCCNc1ncc(Cc2ccc(C)nc2)c(=O)[nH]1. The van der Waals surface area contributed by atoms with Crippen molar-refractivity contribution in [3.63, 3.8) is 0 Å². The molecule has 0 fully saturated rings. The highest BCUT2D eigenvalue weighted by Crippen LogP contribution is 2.20. The van der Waals surface area contributed by atoms with Crippen LogP contribution in [0.1, 0.15) is 22.4 Å². The summed E-state index contributed by atoms with van der Waals surface area (Å²) < 4.78 is 0. The van der Waals surface area contributed by atoms with Crippen molar-refractivity contribution in [1.82, 2.24) is 15.0 Å². The molecule has 6 nitrogen and oxygen atoms in total. The van der Waals surface area contributed by atoms with Gasteiger partial charge in [0.2, 0.25) is 5.95 Å². The molecule has 146 valence electrons. The van der Waals surface area contributed by atoms with Crippen molar-refractivity contribution in [3.05, 3.63) is 81.5 Å². The second-order valence-corrected chi connectivity index (χ2v) is 7.56. The highest BCUT2D eigenvalue weighted by Gasteiger charge is 2.05. The Morgan fingerprint density at radius 2 is 1.93 bits per heavy atom. The quantitative estimate of drug-likeness (QED) is 0.482. The molecule has 0 saturated heterocycles. The summed E-state index contributed by atoms with van der Waals surface area (Å²) in [5.74, 6) is 2.36. The molecule has 3 aromatic rings. The summed E-state index contributed by atoms with van der Waals surface area (Å²) in [6.45, 7) is 2.67. The molecule has 0 spiro atoms. The van der Waals surface area contributed by atoms with Crippen LogP contribution < -0.4 is 16.2 Å². The first kappa shape index (κ1) is 19.9. The van der Waals surface area contributed by atoms with Gasteiger partial charge in [0.25, 0.3) is 5.56 Å². The fourth-order valence-corrected chi connectivity index (χ4v) is 3.64. The lowest BCUT2D eigenvalue weighted by atomic mass is 10.1. The summed E-state index contributed by atoms with van der Waals surface area (Å²) in [7, 11) is 1.94. The minimum atomic E-state index is -0.117. The number of aromatic nitrogens is 3. The minimum Gasteiger partial charge on any atom is -0.388 e. The van der Waals surface area contributed by atoms with E-state index in [2.05, 4.69) is 43.8 Å². The Hall–Kier alpha value is -2.80. The maximum absolute atomic E-state index is 12.3. The van der Waals surface area contributed by atoms with E-state index in [4.69, 9.17) is 0 Å². The van der Waals surface area contributed by atoms with Gasteiger partial charge in [0, 0.05) is 60.9 Å². The molecular formula is C21H25N5OS. The molecule has 3 rings (SSSR count). The van der Waals surface area contributed by atoms with Gasteiger partial charge in [-0.2, -0.15) is 11.8 Å². The Bertz CT molecular complexity index is 956. The summed E-state index contributed by atoms with van der Waals surface area (Å²) in [6.07, 6.45) is 3.96. The number of nitrogens with zero attached hydrogens (tertiary/aromatic N) is 2. The molecule has 2 aromatic heterocycles. The molecule has 0 aliphatic heterocycles. The molecule has 7 heteroatoms. The van der Waals surface area contributed by atoms with E-state index in [1.807, 2.05) is 43.9 Å². The standard InChI is InChI=1S/C21H25N5OS/c1-15-7-8-16(12-24-15)11-18-13-25-21(26-20(18)27)23-9-10-28-14-17-5-3-4-6-19(17)22-2/h3-8,12-13,22H,9-11,14H2,1-2H3,(H2,23,25,26,27). The molecule has 0 unspecified atom stereocenters. The molecule has 0 atom stereocenters. The number of hydrogen-bond acceptors (Lipinski definition) is 6. The maximum Gasteiger partial charge on any atom is 0.255 e. The Morgan fingerprint density at radius 1 is 1.07 bits per heavy atom. The lowest BCUT2D eigenvalue weighted by molar-refractivity contribution is 0.999. The van der Waals surface area contributed by atoms with Gasteiger partial charge in [0.1, 0.15) is 0 Å². The number of para-hydroxylation sites is 1. The van der Waals surface area contributed by atoms with Gasteiger partial charge in [-0.05, 0) is 30.2 Å². The van der Waals surface area contributed by atoms with E-state index in [1.165, 1.54) is 5.56 Å². The molecule has 0 bridgehead atoms. The van der Waals surface area contributed by atoms with Crippen molar-refractivity contribution in [3.8, 4) is 0 Å². The van der Waals surface area contributed by atoms with E-state index in [0.29, 0.717) is 17.9 Å². The molecule has 0 saturated carbocycles. The fourth-order valence-electron chi connectivity index (χ4n) is 2.77. The van der Waals surface area contributed by atoms with Crippen LogP contribution in [0.15, 0.2) is 53.6 Å². The summed E-state index contributed by atoms with van der Waals surface area (Å²) in [6, 6.07) is 12.2. The zero-order valence-corrected chi connectivity index (χ0v) is 17.0. The number of thioether (sulfide) groups is 1. The predicted octanol–water partition coefficient (Wildman–Crippen LogP) is 3.45. The van der Waals surface area contributed by atoms with Gasteiger partial charge in [-0.25, -0.2) is 4.98 Å². The lowest BCUT2D eigenvalue weighted by Crippen LogP contribution is -2.18. The Kier molecular flexibility index (Phi) is 7.08. The average molecular weight is 396 g/mol. The number of anilines is 2. The van der Waals surface area contributed by atoms with Gasteiger partial charge >= 0.3 is 0 Å². The lowest BCUT2D eigenvalue weighted by Gasteiger charge is -2.09. The van der Waals surface area contributed by atoms with Gasteiger partial charge in [0.15, 0.2) is 0 Å². The number of aromatic amines is 1. The topological polar surface area (TPSA) is 82.7 Å². The van der Waals surface area contributed by atoms with E-state index in [9.17, 15) is 4.79 Å². The first-order valence-corrected chi connectivity index (χ1v) is 10.4. The van der Waals surface area contributed by atoms with Crippen LogP contribution in [0.5, 0.6) is 0 Å². The second-order valence-electron chi connectivity index (χ2n) is 6.46. The first-order chi connectivity index (χ1) is 13.7. The third-order valence-electron chi connectivity index (χ3n) is 4.32. The predicted molar refractivity (Wildman–Crippen MR) is 117 cm³/mol. The Balaban J connectivity index is 1.47. The maximum atomic E-state index is 12.3. The van der Waals surface area contributed by atoms with Crippen molar-refractivity contribution in [2.45, 2.75) is 19.1 Å². The smallest absolute Gasteiger partial charge is 0.255 e. The zero-order chi connectivity index (χ0) is 19.8. The number of nitrogens with one attached hydrogen (secondary N) is 3. The van der Waals surface area contributed by atoms with Gasteiger partial charge in [-0.15, -0.1) is 0 Å². The third-order valence-corrected chi connectivity index (χ3v) is 5.33. The number of rotatable bonds is 9. The monoisotopic (exact) mass is 395 g/mol. The summed E-state index contributed by atoms with van der Waals surface area (Å²) >= 11 is 1.84. The van der Waals surface area contributed by atoms with Crippen LogP contribution in [0.2, 0.25) is 0 Å². The largest absolute Gasteiger partial charge is 0.388 e. The molecule has 0 amide bonds. The number of hydrogen-bond donors (Lipinski definition) is 3. The number of pyridine rings is 1. The van der Waals surface area contributed by atoms with E-state index < -0.39 is 0 Å². The van der Waals surface area contributed by atoms with Crippen LogP contribution >= 0.6 is 11.8 Å². The molecule has 0 radical (unpaired) electrons. The number of aryl methyl sites for hydroxylation is 1. The van der Waals surface area contributed by atoms with Crippen LogP contribution in [0.25, 0.3) is 0 Å². The van der Waals surface area contributed by atoms with Crippen LogP contribution in [-0.2, 0) is 12.2 Å². The highest BCUT2D eigenvalue weighted by atomic mass is 32.2. The molecule has 1 aromatic carbocycles. The van der Waals surface area contributed by atoms with Crippen molar-refractivity contribution >= 4 is 23.4 Å². The molecule has 0 aliphatic rings. The average Bonchev–Trinajstić information content (AvgIpc) is 2.71. The van der Waals surface area contributed by atoms with Crippen LogP contribution in [-0.4, -0.2) is 34.3 Å². The zero-order valence-electron chi connectivity index (χ0n) is 16.2. The van der Waals surface area contributed by atoms with Gasteiger partial charge in [0.05, 0.1) is 0 Å². The van der Waals surface area contributed by atoms with E-state index in [1.54, 1.807) is 12.4 Å². The van der Waals surface area contributed by atoms with Gasteiger partial charge in [-0.1, -0.05) is 24.3 Å². The second kappa shape index (κ2) is 9.94. The number of benzene rings is 1. The van der Waals surface area contributed by atoms with Crippen molar-refractivity contribution in [1.29, 1.82) is 0 Å². The van der Waals surface area contributed by atoms with Gasteiger partial charge < -0.3 is 10.6 Å². The Labute approximate surface area is 169 Å². The summed E-state index contributed by atoms with van der Waals surface area (Å²) in [4.78, 5) is 23.7. The summed E-state index contributed by atoms with van der Waals surface area (Å²) in [5, 5.41) is 6.39. The molecule has 0 aliphatic carbocycles. The van der Waals surface area contributed by atoms with Crippen molar-refractivity contribution < 1.29 is 0 Å². The number of H-pyrrole nitrogens is 1. The van der Waals surface area contributed by atoms with Crippen LogP contribution in [0.3, 0.4) is 0 Å². The highest BCUT2D eigenvalue weighted by molar-refractivity contribution is 7.98. The molecular weight excluding hydrogens is 370 g/mol. The minimum absolute atomic E-state index is 0.117. The summed E-state index contributed by atoms with van der Waals surface area (Å²) in [5.41, 5.74) is 4.92. The van der Waals surface area contributed by atoms with E-state index in [-0.39, 0.29) is 5.56 Å².